The second kappa shape index (κ2) is 7.91. The second-order valence-corrected chi connectivity index (χ2v) is 5.55. The Kier molecular flexibility index (Phi) is 6.52. The molecular formula is C15H15BrClN3O2. The van der Waals surface area contributed by atoms with E-state index in [1.54, 1.807) is 29.1 Å². The normalized spacial score (nSPS) is 9.73. The van der Waals surface area contributed by atoms with Crippen molar-refractivity contribution in [2.45, 2.75) is 13.5 Å². The van der Waals surface area contributed by atoms with Crippen LogP contribution >= 0.6 is 15.9 Å². The Labute approximate surface area is 143 Å². The number of carbonyl (C=O) groups is 2. The van der Waals surface area contributed by atoms with E-state index in [2.05, 4.69) is 21.2 Å². The molecular weight excluding hydrogens is 370 g/mol. The van der Waals surface area contributed by atoms with Crippen LogP contribution in [0.25, 0.3) is 0 Å². The van der Waals surface area contributed by atoms with Crippen LogP contribution in [0.15, 0.2) is 47.2 Å². The highest BCUT2D eigenvalue weighted by molar-refractivity contribution is 9.10. The topological polar surface area (TPSA) is 76.1 Å². The molecule has 0 aliphatic carbocycles. The standard InChI is InChI=1S/C15H14BrN3O2.ClH/c1-10-7-12(16)4-5-13(10)18-14(20)9-19-6-2-3-11(8-19)15(17)21;/h2-8H,9H2,1H3,(H2-,17,18,20,21);1H. The van der Waals surface area contributed by atoms with Gasteiger partial charge in [-0.25, -0.2) is 0 Å². The fraction of sp³-hybridized carbons (Fsp3) is 0.133. The van der Waals surface area contributed by atoms with Gasteiger partial charge in [0.2, 0.25) is 6.54 Å². The second-order valence-electron chi connectivity index (χ2n) is 4.64. The lowest BCUT2D eigenvalue weighted by molar-refractivity contribution is -0.684. The minimum Gasteiger partial charge on any atom is -1.00 e. The Morgan fingerprint density at radius 1 is 1.32 bits per heavy atom. The van der Waals surface area contributed by atoms with Crippen molar-refractivity contribution in [3.8, 4) is 0 Å². The van der Waals surface area contributed by atoms with Gasteiger partial charge in [-0.05, 0) is 36.8 Å². The van der Waals surface area contributed by atoms with Gasteiger partial charge in [0.1, 0.15) is 5.56 Å². The molecule has 0 aliphatic rings. The molecule has 0 unspecified atom stereocenters. The molecule has 7 heteroatoms. The molecule has 0 bridgehead atoms. The number of halogens is 2. The summed E-state index contributed by atoms with van der Waals surface area (Å²) in [4.78, 5) is 23.2. The molecule has 0 aliphatic heterocycles. The number of benzene rings is 1. The number of nitrogens with zero attached hydrogens (tertiary/aromatic N) is 1. The van der Waals surface area contributed by atoms with Crippen LogP contribution < -0.4 is 28.0 Å². The maximum atomic E-state index is 12.0. The van der Waals surface area contributed by atoms with Gasteiger partial charge in [-0.3, -0.25) is 9.59 Å². The number of nitrogens with one attached hydrogen (secondary N) is 1. The summed E-state index contributed by atoms with van der Waals surface area (Å²) in [6, 6.07) is 8.91. The summed E-state index contributed by atoms with van der Waals surface area (Å²) in [5, 5.41) is 2.84. The lowest BCUT2D eigenvalue weighted by atomic mass is 10.2. The van der Waals surface area contributed by atoms with Crippen LogP contribution in [0, 0.1) is 6.92 Å². The van der Waals surface area contributed by atoms with Crippen molar-refractivity contribution in [2.75, 3.05) is 5.32 Å². The largest absolute Gasteiger partial charge is 1.00 e. The van der Waals surface area contributed by atoms with E-state index in [-0.39, 0.29) is 24.9 Å². The maximum absolute atomic E-state index is 12.0. The molecule has 0 saturated carbocycles. The molecule has 1 heterocycles. The van der Waals surface area contributed by atoms with Gasteiger partial charge in [-0.15, -0.1) is 0 Å². The molecule has 1 aromatic heterocycles. The van der Waals surface area contributed by atoms with Crippen LogP contribution in [0.4, 0.5) is 5.69 Å². The highest BCUT2D eigenvalue weighted by Crippen LogP contribution is 2.19. The quantitative estimate of drug-likeness (QED) is 0.649. The average molecular weight is 385 g/mol. The average Bonchev–Trinajstić information content (AvgIpc) is 2.42. The van der Waals surface area contributed by atoms with E-state index in [4.69, 9.17) is 5.73 Å². The Balaban J connectivity index is 0.00000242. The summed E-state index contributed by atoms with van der Waals surface area (Å²) in [5.41, 5.74) is 7.31. The summed E-state index contributed by atoms with van der Waals surface area (Å²) in [6.07, 6.45) is 3.26. The molecule has 1 aromatic carbocycles. The Bertz CT molecular complexity index is 707. The van der Waals surface area contributed by atoms with Crippen molar-refractivity contribution in [3.05, 3.63) is 58.3 Å². The van der Waals surface area contributed by atoms with E-state index >= 15 is 0 Å². The monoisotopic (exact) mass is 383 g/mol. The summed E-state index contributed by atoms with van der Waals surface area (Å²) in [5.74, 6) is -0.694. The fourth-order valence-electron chi connectivity index (χ4n) is 1.89. The molecule has 3 N–H and O–H groups in total. The number of aromatic nitrogens is 1. The third-order valence-electron chi connectivity index (χ3n) is 2.93. The van der Waals surface area contributed by atoms with Gasteiger partial charge in [0.05, 0.1) is 0 Å². The van der Waals surface area contributed by atoms with Crippen molar-refractivity contribution in [2.24, 2.45) is 5.73 Å². The smallest absolute Gasteiger partial charge is 0.290 e. The minimum absolute atomic E-state index is 0. The van der Waals surface area contributed by atoms with Gasteiger partial charge in [0.15, 0.2) is 12.4 Å². The van der Waals surface area contributed by atoms with Crippen molar-refractivity contribution in [1.29, 1.82) is 0 Å². The van der Waals surface area contributed by atoms with E-state index < -0.39 is 5.91 Å². The third-order valence-corrected chi connectivity index (χ3v) is 3.42. The minimum atomic E-state index is -0.520. The first kappa shape index (κ1) is 18.1. The van der Waals surface area contributed by atoms with Crippen molar-refractivity contribution >= 4 is 33.4 Å². The predicted octanol–water partition coefficient (Wildman–Crippen LogP) is -1.21. The molecule has 116 valence electrons. The highest BCUT2D eigenvalue weighted by Gasteiger charge is 2.13. The number of aryl methyl sites for hydroxylation is 1. The number of amides is 2. The first-order valence-corrected chi connectivity index (χ1v) is 7.10. The summed E-state index contributed by atoms with van der Waals surface area (Å²) in [7, 11) is 0. The van der Waals surface area contributed by atoms with E-state index in [9.17, 15) is 9.59 Å². The number of nitrogens with two attached hydrogens (primary N) is 1. The zero-order valence-electron chi connectivity index (χ0n) is 11.8. The molecule has 2 rings (SSSR count). The van der Waals surface area contributed by atoms with Crippen LogP contribution in [-0.2, 0) is 11.3 Å². The van der Waals surface area contributed by atoms with E-state index in [0.717, 1.165) is 15.7 Å². The molecule has 2 aromatic rings. The summed E-state index contributed by atoms with van der Waals surface area (Å²) >= 11 is 3.38. The van der Waals surface area contributed by atoms with E-state index in [0.29, 0.717) is 5.56 Å². The van der Waals surface area contributed by atoms with Crippen molar-refractivity contribution in [1.82, 2.24) is 0 Å². The predicted molar refractivity (Wildman–Crippen MR) is 82.7 cm³/mol. The molecule has 0 radical (unpaired) electrons. The molecule has 22 heavy (non-hydrogen) atoms. The molecule has 0 fully saturated rings. The number of primary amides is 1. The molecule has 5 nitrogen and oxygen atoms in total. The van der Waals surface area contributed by atoms with Gasteiger partial charge in [-0.2, -0.15) is 4.57 Å². The van der Waals surface area contributed by atoms with Gasteiger partial charge in [0.25, 0.3) is 11.8 Å². The number of anilines is 1. The molecule has 2 amide bonds. The fourth-order valence-corrected chi connectivity index (χ4v) is 2.36. The first-order valence-electron chi connectivity index (χ1n) is 6.30. The number of hydrogen-bond acceptors (Lipinski definition) is 2. The van der Waals surface area contributed by atoms with Gasteiger partial charge < -0.3 is 23.5 Å². The number of pyridine rings is 1. The van der Waals surface area contributed by atoms with Gasteiger partial charge in [0, 0.05) is 16.2 Å². The molecule has 0 atom stereocenters. The van der Waals surface area contributed by atoms with E-state index in [1.165, 1.54) is 0 Å². The van der Waals surface area contributed by atoms with Crippen LogP contribution in [0.1, 0.15) is 15.9 Å². The Hall–Kier alpha value is -1.92. The first-order chi connectivity index (χ1) is 9.95. The van der Waals surface area contributed by atoms with Crippen LogP contribution in [-0.4, -0.2) is 11.8 Å². The maximum Gasteiger partial charge on any atom is 0.290 e. The Morgan fingerprint density at radius 2 is 2.05 bits per heavy atom. The van der Waals surface area contributed by atoms with Crippen molar-refractivity contribution < 1.29 is 26.6 Å². The number of rotatable bonds is 4. The summed E-state index contributed by atoms with van der Waals surface area (Å²) < 4.78 is 2.57. The third kappa shape index (κ3) is 4.82. The molecule has 0 saturated heterocycles. The van der Waals surface area contributed by atoms with E-state index in [1.807, 2.05) is 25.1 Å². The van der Waals surface area contributed by atoms with Crippen LogP contribution in [0.2, 0.25) is 0 Å². The number of hydrogen-bond donors (Lipinski definition) is 2. The zero-order chi connectivity index (χ0) is 15.4. The van der Waals surface area contributed by atoms with Crippen molar-refractivity contribution in [3.63, 3.8) is 0 Å². The van der Waals surface area contributed by atoms with Gasteiger partial charge >= 0.3 is 0 Å². The van der Waals surface area contributed by atoms with Crippen LogP contribution in [0.3, 0.4) is 0 Å². The van der Waals surface area contributed by atoms with Gasteiger partial charge in [-0.1, -0.05) is 15.9 Å². The lowest BCUT2D eigenvalue weighted by Gasteiger charge is -2.07. The van der Waals surface area contributed by atoms with Crippen LogP contribution in [0.5, 0.6) is 0 Å². The number of carbonyl (C=O) groups excluding carboxylic acids is 2. The lowest BCUT2D eigenvalue weighted by Crippen LogP contribution is -3.00. The Morgan fingerprint density at radius 3 is 2.68 bits per heavy atom. The molecule has 0 spiro atoms. The highest BCUT2D eigenvalue weighted by atomic mass is 79.9. The zero-order valence-corrected chi connectivity index (χ0v) is 14.2. The summed E-state index contributed by atoms with van der Waals surface area (Å²) in [6.45, 7) is 2.03. The SMILES string of the molecule is Cc1cc(Br)ccc1NC(=O)C[n+]1cccc(C(N)=O)c1.[Cl-].